The van der Waals surface area contributed by atoms with Gasteiger partial charge in [0.2, 0.25) is 0 Å². The summed E-state index contributed by atoms with van der Waals surface area (Å²) in [4.78, 5) is 11.4. The van der Waals surface area contributed by atoms with Crippen LogP contribution in [-0.4, -0.2) is 13.0 Å². The molecule has 0 bridgehead atoms. The average molecular weight is 200 g/mol. The molecular weight excluding hydrogens is 186 g/mol. The SMILES string of the molecule is C[NH2+]C(=O)Cc1cccc2ccccc12. The summed E-state index contributed by atoms with van der Waals surface area (Å²) < 4.78 is 0. The van der Waals surface area contributed by atoms with E-state index in [4.69, 9.17) is 0 Å². The summed E-state index contributed by atoms with van der Waals surface area (Å²) in [6.45, 7) is 0. The second kappa shape index (κ2) is 4.24. The zero-order valence-corrected chi connectivity index (χ0v) is 8.73. The highest BCUT2D eigenvalue weighted by molar-refractivity contribution is 5.88. The van der Waals surface area contributed by atoms with Crippen LogP contribution in [0.25, 0.3) is 10.8 Å². The average Bonchev–Trinajstić information content (AvgIpc) is 2.29. The van der Waals surface area contributed by atoms with Gasteiger partial charge in [0.25, 0.3) is 0 Å². The van der Waals surface area contributed by atoms with E-state index in [9.17, 15) is 4.79 Å². The Labute approximate surface area is 88.9 Å². The molecule has 0 saturated heterocycles. The van der Waals surface area contributed by atoms with Crippen LogP contribution in [0.3, 0.4) is 0 Å². The first-order valence-electron chi connectivity index (χ1n) is 5.10. The molecular formula is C13H14NO+. The van der Waals surface area contributed by atoms with Crippen LogP contribution in [0, 0.1) is 0 Å². The molecule has 2 heteroatoms. The fourth-order valence-corrected chi connectivity index (χ4v) is 1.74. The molecule has 0 aliphatic rings. The number of nitrogens with two attached hydrogens (primary N) is 1. The lowest BCUT2D eigenvalue weighted by Gasteiger charge is -2.03. The van der Waals surface area contributed by atoms with Gasteiger partial charge in [0, 0.05) is 0 Å². The van der Waals surface area contributed by atoms with Crippen molar-refractivity contribution in [1.82, 2.24) is 0 Å². The van der Waals surface area contributed by atoms with Crippen LogP contribution in [0.1, 0.15) is 5.56 Å². The van der Waals surface area contributed by atoms with E-state index >= 15 is 0 Å². The largest absolute Gasteiger partial charge is 0.314 e. The molecule has 2 aromatic carbocycles. The summed E-state index contributed by atoms with van der Waals surface area (Å²) >= 11 is 0. The van der Waals surface area contributed by atoms with Gasteiger partial charge in [0.15, 0.2) is 0 Å². The summed E-state index contributed by atoms with van der Waals surface area (Å²) in [5.41, 5.74) is 1.11. The second-order valence-electron chi connectivity index (χ2n) is 3.57. The number of rotatable bonds is 2. The summed E-state index contributed by atoms with van der Waals surface area (Å²) in [7, 11) is 1.79. The fraction of sp³-hybridized carbons (Fsp3) is 0.154. The van der Waals surface area contributed by atoms with Crippen LogP contribution in [-0.2, 0) is 11.2 Å². The van der Waals surface area contributed by atoms with Gasteiger partial charge in [-0.15, -0.1) is 0 Å². The maximum absolute atomic E-state index is 11.4. The maximum Gasteiger partial charge on any atom is 0.314 e. The van der Waals surface area contributed by atoms with Crippen LogP contribution < -0.4 is 5.32 Å². The Hall–Kier alpha value is -1.67. The van der Waals surface area contributed by atoms with Gasteiger partial charge in [-0.2, -0.15) is 0 Å². The van der Waals surface area contributed by atoms with E-state index in [-0.39, 0.29) is 5.91 Å². The maximum atomic E-state index is 11.4. The molecule has 0 aliphatic heterocycles. The van der Waals surface area contributed by atoms with Crippen LogP contribution in [0.5, 0.6) is 0 Å². The Kier molecular flexibility index (Phi) is 2.79. The molecule has 2 nitrogen and oxygen atoms in total. The van der Waals surface area contributed by atoms with E-state index in [0.29, 0.717) is 6.42 Å². The van der Waals surface area contributed by atoms with E-state index in [1.807, 2.05) is 24.3 Å². The number of hydrogen-bond acceptors (Lipinski definition) is 1. The van der Waals surface area contributed by atoms with Crippen LogP contribution >= 0.6 is 0 Å². The first-order valence-corrected chi connectivity index (χ1v) is 5.10. The Bertz CT molecular complexity index is 485. The molecule has 0 spiro atoms. The first kappa shape index (κ1) is 9.87. The van der Waals surface area contributed by atoms with Gasteiger partial charge in [0.05, 0.1) is 13.5 Å². The number of benzene rings is 2. The molecule has 76 valence electrons. The number of amides is 1. The Morgan fingerprint density at radius 2 is 1.87 bits per heavy atom. The standard InChI is InChI=1S/C13H13NO/c1-14-13(15)9-11-7-4-6-10-5-2-3-8-12(10)11/h2-8H,9H2,1H3,(H,14,15)/p+1. The lowest BCUT2D eigenvalue weighted by molar-refractivity contribution is -0.538. The molecule has 0 aliphatic carbocycles. The summed E-state index contributed by atoms with van der Waals surface area (Å²) in [5, 5.41) is 4.00. The molecule has 0 heterocycles. The minimum absolute atomic E-state index is 0.173. The normalized spacial score (nSPS) is 10.5. The molecule has 15 heavy (non-hydrogen) atoms. The lowest BCUT2D eigenvalue weighted by atomic mass is 10.0. The topological polar surface area (TPSA) is 33.7 Å². The molecule has 0 radical (unpaired) electrons. The molecule has 2 rings (SSSR count). The van der Waals surface area contributed by atoms with Crippen molar-refractivity contribution in [2.45, 2.75) is 6.42 Å². The first-order chi connectivity index (χ1) is 7.31. The third-order valence-electron chi connectivity index (χ3n) is 2.57. The predicted octanol–water partition coefficient (Wildman–Crippen LogP) is 1.10. The lowest BCUT2D eigenvalue weighted by Crippen LogP contribution is -2.84. The highest BCUT2D eigenvalue weighted by atomic mass is 16.1. The number of quaternary nitrogens is 1. The highest BCUT2D eigenvalue weighted by Crippen LogP contribution is 2.18. The number of hydrogen-bond donors (Lipinski definition) is 1. The second-order valence-corrected chi connectivity index (χ2v) is 3.57. The Morgan fingerprint density at radius 1 is 1.13 bits per heavy atom. The number of fused-ring (bicyclic) bond motifs is 1. The number of primary amides is 1. The molecule has 0 fully saturated rings. The van der Waals surface area contributed by atoms with Crippen molar-refractivity contribution >= 4 is 16.7 Å². The molecule has 1 amide bonds. The van der Waals surface area contributed by atoms with Crippen molar-refractivity contribution in [3.63, 3.8) is 0 Å². The van der Waals surface area contributed by atoms with Crippen molar-refractivity contribution < 1.29 is 10.1 Å². The van der Waals surface area contributed by atoms with Gasteiger partial charge < -0.3 is 0 Å². The zero-order chi connectivity index (χ0) is 10.7. The minimum Gasteiger partial charge on any atom is -0.285 e. The third-order valence-corrected chi connectivity index (χ3v) is 2.57. The Balaban J connectivity index is 2.46. The molecule has 0 aromatic heterocycles. The number of likely N-dealkylation sites (N-methyl/N-ethyl adjacent to an activating group) is 1. The van der Waals surface area contributed by atoms with E-state index in [1.54, 1.807) is 12.4 Å². The fourth-order valence-electron chi connectivity index (χ4n) is 1.74. The van der Waals surface area contributed by atoms with Gasteiger partial charge in [-0.05, 0) is 16.3 Å². The van der Waals surface area contributed by atoms with Crippen LogP contribution in [0.4, 0.5) is 0 Å². The Morgan fingerprint density at radius 3 is 2.67 bits per heavy atom. The smallest absolute Gasteiger partial charge is 0.285 e. The zero-order valence-electron chi connectivity index (χ0n) is 8.73. The summed E-state index contributed by atoms with van der Waals surface area (Å²) in [5.74, 6) is 0.173. The van der Waals surface area contributed by atoms with Crippen molar-refractivity contribution in [2.75, 3.05) is 7.05 Å². The van der Waals surface area contributed by atoms with Crippen LogP contribution in [0.2, 0.25) is 0 Å². The molecule has 0 saturated carbocycles. The van der Waals surface area contributed by atoms with Crippen molar-refractivity contribution in [1.29, 1.82) is 0 Å². The predicted molar refractivity (Wildman–Crippen MR) is 60.5 cm³/mol. The molecule has 2 N–H and O–H groups in total. The summed E-state index contributed by atoms with van der Waals surface area (Å²) in [6.07, 6.45) is 0.498. The quantitative estimate of drug-likeness (QED) is 0.774. The molecule has 0 atom stereocenters. The number of carbonyl (C=O) groups excluding carboxylic acids is 1. The third kappa shape index (κ3) is 2.05. The van der Waals surface area contributed by atoms with E-state index in [2.05, 4.69) is 18.2 Å². The van der Waals surface area contributed by atoms with Crippen molar-refractivity contribution in [3.8, 4) is 0 Å². The van der Waals surface area contributed by atoms with Crippen molar-refractivity contribution in [3.05, 3.63) is 48.0 Å². The van der Waals surface area contributed by atoms with Gasteiger partial charge in [-0.25, -0.2) is 4.79 Å². The van der Waals surface area contributed by atoms with Gasteiger partial charge in [-0.1, -0.05) is 42.5 Å². The van der Waals surface area contributed by atoms with Gasteiger partial charge in [-0.3, -0.25) is 5.32 Å². The monoisotopic (exact) mass is 200 g/mol. The van der Waals surface area contributed by atoms with Crippen LogP contribution in [0.15, 0.2) is 42.5 Å². The van der Waals surface area contributed by atoms with E-state index < -0.39 is 0 Å². The van der Waals surface area contributed by atoms with Gasteiger partial charge >= 0.3 is 5.91 Å². The summed E-state index contributed by atoms with van der Waals surface area (Å²) in [6, 6.07) is 14.2. The van der Waals surface area contributed by atoms with Gasteiger partial charge in [0.1, 0.15) is 0 Å². The molecule has 2 aromatic rings. The molecule has 0 unspecified atom stereocenters. The number of carbonyl (C=O) groups is 1. The van der Waals surface area contributed by atoms with Crippen molar-refractivity contribution in [2.24, 2.45) is 0 Å². The minimum atomic E-state index is 0.173. The highest BCUT2D eigenvalue weighted by Gasteiger charge is 2.07. The van der Waals surface area contributed by atoms with E-state index in [0.717, 1.165) is 5.56 Å². The van der Waals surface area contributed by atoms with E-state index in [1.165, 1.54) is 10.8 Å².